The largest absolute Gasteiger partial charge is 0.492 e. The topological polar surface area (TPSA) is 107 Å². The smallest absolute Gasteiger partial charge is 0.301 e. The van der Waals surface area contributed by atoms with Crippen molar-refractivity contribution in [2.24, 2.45) is 0 Å². The molecule has 0 bridgehead atoms. The molecule has 0 radical (unpaired) electrons. The van der Waals surface area contributed by atoms with Crippen LogP contribution >= 0.6 is 11.6 Å². The highest BCUT2D eigenvalue weighted by molar-refractivity contribution is 7.90. The van der Waals surface area contributed by atoms with Gasteiger partial charge in [0.15, 0.2) is 0 Å². The lowest BCUT2D eigenvalue weighted by atomic mass is 9.96. The molecular weight excluding hydrogens is 476 g/mol. The minimum absolute atomic E-state index is 0.219. The number of aryl methyl sites for hydroxylation is 2. The number of nitrogens with zero attached hydrogens (tertiary/aromatic N) is 1. The van der Waals surface area contributed by atoms with Gasteiger partial charge in [0.05, 0.1) is 16.8 Å². The maximum absolute atomic E-state index is 12.1. The quantitative estimate of drug-likeness (QED) is 0.314. The highest BCUT2D eigenvalue weighted by atomic mass is 35.5. The van der Waals surface area contributed by atoms with Gasteiger partial charge in [0.2, 0.25) is 0 Å². The molecule has 34 heavy (non-hydrogen) atoms. The molecule has 1 unspecified atom stereocenters. The fourth-order valence-electron chi connectivity index (χ4n) is 4.14. The predicted molar refractivity (Wildman–Crippen MR) is 136 cm³/mol. The fraction of sp³-hybridized carbons (Fsp3) is 0.417. The summed E-state index contributed by atoms with van der Waals surface area (Å²) >= 11 is 6.12. The number of halogens is 1. The van der Waals surface area contributed by atoms with Crippen LogP contribution in [0.3, 0.4) is 0 Å². The third kappa shape index (κ3) is 5.67. The van der Waals surface area contributed by atoms with E-state index in [4.69, 9.17) is 16.3 Å². The van der Waals surface area contributed by atoms with Gasteiger partial charge in [-0.1, -0.05) is 17.7 Å². The molecule has 2 aromatic carbocycles. The van der Waals surface area contributed by atoms with Crippen LogP contribution in [0.15, 0.2) is 36.4 Å². The molecule has 184 valence electrons. The van der Waals surface area contributed by atoms with Gasteiger partial charge in [-0.2, -0.15) is 12.7 Å². The number of H-pyrrole nitrogens is 1. The summed E-state index contributed by atoms with van der Waals surface area (Å²) in [5.41, 5.74) is 4.69. The van der Waals surface area contributed by atoms with E-state index in [2.05, 4.69) is 21.1 Å². The van der Waals surface area contributed by atoms with Crippen LogP contribution in [0, 0.1) is 0 Å². The van der Waals surface area contributed by atoms with E-state index in [9.17, 15) is 13.5 Å². The normalized spacial score (nSPS) is 14.9. The molecule has 0 spiro atoms. The van der Waals surface area contributed by atoms with Crippen LogP contribution in [0.1, 0.15) is 35.8 Å². The maximum atomic E-state index is 12.1. The Labute approximate surface area is 205 Å². The first kappa shape index (κ1) is 24.8. The van der Waals surface area contributed by atoms with Crippen LogP contribution in [0.2, 0.25) is 5.02 Å². The van der Waals surface area contributed by atoms with Crippen molar-refractivity contribution in [1.29, 1.82) is 0 Å². The predicted octanol–water partition coefficient (Wildman–Crippen LogP) is 3.62. The molecular formula is C24H31ClN4O4S. The van der Waals surface area contributed by atoms with Crippen LogP contribution in [-0.2, 0) is 23.1 Å². The minimum atomic E-state index is -3.70. The van der Waals surface area contributed by atoms with Crippen molar-refractivity contribution < 1.29 is 18.3 Å². The molecule has 4 rings (SSSR count). The van der Waals surface area contributed by atoms with Crippen molar-refractivity contribution in [2.45, 2.75) is 31.8 Å². The molecule has 0 saturated heterocycles. The molecule has 1 aliphatic carbocycles. The lowest BCUT2D eigenvalue weighted by molar-refractivity contribution is 0.172. The number of aromatic nitrogens is 1. The van der Waals surface area contributed by atoms with Crippen molar-refractivity contribution in [1.82, 2.24) is 14.6 Å². The van der Waals surface area contributed by atoms with Crippen molar-refractivity contribution in [3.63, 3.8) is 0 Å². The summed E-state index contributed by atoms with van der Waals surface area (Å²) < 4.78 is 33.5. The van der Waals surface area contributed by atoms with Crippen molar-refractivity contribution >= 4 is 38.4 Å². The zero-order valence-electron chi connectivity index (χ0n) is 19.4. The van der Waals surface area contributed by atoms with Crippen LogP contribution in [0.5, 0.6) is 5.75 Å². The summed E-state index contributed by atoms with van der Waals surface area (Å²) in [6.07, 6.45) is 3.91. The average Bonchev–Trinajstić information content (AvgIpc) is 3.17. The fourth-order valence-corrected chi connectivity index (χ4v) is 4.99. The Balaban J connectivity index is 1.27. The number of hydrogen-bond acceptors (Lipinski definition) is 5. The van der Waals surface area contributed by atoms with Gasteiger partial charge in [0.25, 0.3) is 0 Å². The molecule has 4 N–H and O–H groups in total. The first-order valence-electron chi connectivity index (χ1n) is 11.4. The van der Waals surface area contributed by atoms with Gasteiger partial charge >= 0.3 is 10.2 Å². The van der Waals surface area contributed by atoms with Crippen LogP contribution in [0.4, 0.5) is 5.69 Å². The molecule has 0 amide bonds. The molecule has 0 aliphatic heterocycles. The van der Waals surface area contributed by atoms with E-state index in [1.165, 1.54) is 49.6 Å². The first-order valence-corrected chi connectivity index (χ1v) is 13.2. The van der Waals surface area contributed by atoms with E-state index >= 15 is 0 Å². The Morgan fingerprint density at radius 3 is 2.76 bits per heavy atom. The monoisotopic (exact) mass is 506 g/mol. The highest BCUT2D eigenvalue weighted by Gasteiger charge is 2.17. The molecule has 1 aliphatic rings. The third-order valence-corrected chi connectivity index (χ3v) is 7.82. The lowest BCUT2D eigenvalue weighted by Crippen LogP contribution is -2.29. The molecule has 8 nitrogen and oxygen atoms in total. The SMILES string of the molecule is CN(C)S(=O)(=O)Nc1cc(C(O)CNCCOc2ccc3c4c([nH]c3c2)CCCC4)ccc1Cl. The van der Waals surface area contributed by atoms with Crippen molar-refractivity contribution in [2.75, 3.05) is 38.5 Å². The Morgan fingerprint density at radius 2 is 1.97 bits per heavy atom. The van der Waals surface area contributed by atoms with Gasteiger partial charge in [-0.05, 0) is 61.1 Å². The van der Waals surface area contributed by atoms with E-state index in [0.29, 0.717) is 18.7 Å². The minimum Gasteiger partial charge on any atom is -0.492 e. The highest BCUT2D eigenvalue weighted by Crippen LogP contribution is 2.31. The molecule has 1 heterocycles. The summed E-state index contributed by atoms with van der Waals surface area (Å²) in [5.74, 6) is 0.809. The van der Waals surface area contributed by atoms with E-state index in [-0.39, 0.29) is 17.3 Å². The van der Waals surface area contributed by atoms with E-state index in [0.717, 1.165) is 28.4 Å². The number of fused-ring (bicyclic) bond motifs is 3. The third-order valence-electron chi connectivity index (χ3n) is 6.05. The zero-order chi connectivity index (χ0) is 24.3. The molecule has 1 aromatic heterocycles. The number of nitrogens with one attached hydrogen (secondary N) is 3. The van der Waals surface area contributed by atoms with Crippen LogP contribution in [0.25, 0.3) is 10.9 Å². The number of anilines is 1. The number of aromatic amines is 1. The second-order valence-electron chi connectivity index (χ2n) is 8.69. The summed E-state index contributed by atoms with van der Waals surface area (Å²) in [7, 11) is -0.857. The van der Waals surface area contributed by atoms with Gasteiger partial charge in [-0.25, -0.2) is 0 Å². The summed E-state index contributed by atoms with van der Waals surface area (Å²) in [4.78, 5) is 3.54. The van der Waals surface area contributed by atoms with Gasteiger partial charge in [0.1, 0.15) is 12.4 Å². The Bertz CT molecular complexity index is 1260. The van der Waals surface area contributed by atoms with Crippen LogP contribution in [-0.4, -0.2) is 56.6 Å². The maximum Gasteiger partial charge on any atom is 0.301 e. The number of ether oxygens (including phenoxy) is 1. The van der Waals surface area contributed by atoms with Crippen molar-refractivity contribution in [3.8, 4) is 5.75 Å². The molecule has 0 fully saturated rings. The standard InChI is InChI=1S/C24H31ClN4O4S/c1-29(2)34(31,32)28-23-13-16(7-10-20(23)25)24(30)15-26-11-12-33-17-8-9-19-18-5-3-4-6-21(18)27-22(19)14-17/h7-10,13-14,24,26-28,30H,3-6,11-12,15H2,1-2H3. The van der Waals surface area contributed by atoms with E-state index in [1.54, 1.807) is 12.1 Å². The van der Waals surface area contributed by atoms with E-state index < -0.39 is 16.3 Å². The number of aliphatic hydroxyl groups excluding tert-OH is 1. The van der Waals surface area contributed by atoms with Gasteiger partial charge in [0, 0.05) is 49.8 Å². The van der Waals surface area contributed by atoms with Crippen LogP contribution < -0.4 is 14.8 Å². The van der Waals surface area contributed by atoms with Gasteiger partial charge in [-0.3, -0.25) is 4.72 Å². The van der Waals surface area contributed by atoms with Crippen molar-refractivity contribution in [3.05, 3.63) is 58.2 Å². The molecule has 0 saturated carbocycles. The number of rotatable bonds is 10. The second-order valence-corrected chi connectivity index (χ2v) is 11.0. The number of aliphatic hydroxyl groups is 1. The summed E-state index contributed by atoms with van der Waals surface area (Å²) in [5, 5.41) is 15.2. The number of hydrogen-bond donors (Lipinski definition) is 4. The molecule has 3 aromatic rings. The summed E-state index contributed by atoms with van der Waals surface area (Å²) in [6, 6.07) is 11.0. The average molecular weight is 507 g/mol. The molecule has 10 heteroatoms. The first-order chi connectivity index (χ1) is 16.2. The second kappa shape index (κ2) is 10.5. The van der Waals surface area contributed by atoms with E-state index in [1.807, 2.05) is 12.1 Å². The number of benzene rings is 2. The Kier molecular flexibility index (Phi) is 7.69. The van der Waals surface area contributed by atoms with Gasteiger partial charge < -0.3 is 20.1 Å². The van der Waals surface area contributed by atoms with Gasteiger partial charge in [-0.15, -0.1) is 0 Å². The Morgan fingerprint density at radius 1 is 1.18 bits per heavy atom. The lowest BCUT2D eigenvalue weighted by Gasteiger charge is -2.17. The molecule has 1 atom stereocenters. The summed E-state index contributed by atoms with van der Waals surface area (Å²) in [6.45, 7) is 1.28. The Hall–Kier alpha value is -2.30. The zero-order valence-corrected chi connectivity index (χ0v) is 21.0.